The maximum Gasteiger partial charge on any atom is 0.254 e. The van der Waals surface area contributed by atoms with Crippen LogP contribution >= 0.6 is 22.6 Å². The van der Waals surface area contributed by atoms with Crippen LogP contribution in [0.25, 0.3) is 0 Å². The molecule has 1 fully saturated rings. The highest BCUT2D eigenvalue weighted by atomic mass is 127. The Morgan fingerprint density at radius 3 is 3.00 bits per heavy atom. The maximum atomic E-state index is 12.4. The molecule has 6 heteroatoms. The monoisotopic (exact) mass is 359 g/mol. The Balaban J connectivity index is 2.23. The van der Waals surface area contributed by atoms with Gasteiger partial charge < -0.3 is 15.8 Å². The molecule has 1 aromatic rings. The number of carbonyl (C=O) groups excluding carboxylic acids is 1. The smallest absolute Gasteiger partial charge is 0.254 e. The van der Waals surface area contributed by atoms with Crippen LogP contribution in [-0.2, 0) is 0 Å². The van der Waals surface area contributed by atoms with Crippen molar-refractivity contribution in [2.24, 2.45) is 10.9 Å². The largest absolute Gasteiger partial charge is 0.409 e. The fourth-order valence-electron chi connectivity index (χ4n) is 2.17. The second-order valence-corrected chi connectivity index (χ2v) is 5.44. The van der Waals surface area contributed by atoms with E-state index in [1.807, 2.05) is 18.2 Å². The summed E-state index contributed by atoms with van der Waals surface area (Å²) >= 11 is 2.17. The lowest BCUT2D eigenvalue weighted by atomic mass is 10.1. The van der Waals surface area contributed by atoms with Gasteiger partial charge in [0.25, 0.3) is 5.91 Å². The molecule has 3 N–H and O–H groups in total. The molecule has 18 heavy (non-hydrogen) atoms. The van der Waals surface area contributed by atoms with E-state index in [4.69, 9.17) is 10.9 Å². The number of amidine groups is 1. The molecule has 1 heterocycles. The molecule has 0 bridgehead atoms. The number of nitrogens with zero attached hydrogens (tertiary/aromatic N) is 2. The molecule has 96 valence electrons. The van der Waals surface area contributed by atoms with Crippen molar-refractivity contribution in [1.29, 1.82) is 0 Å². The van der Waals surface area contributed by atoms with E-state index >= 15 is 0 Å². The lowest BCUT2D eigenvalue weighted by Crippen LogP contribution is -2.43. The minimum atomic E-state index is -0.291. The Kier molecular flexibility index (Phi) is 4.05. The molecule has 1 aliphatic heterocycles. The number of rotatable bonds is 2. The molecular formula is C12H14IN3O2. The summed E-state index contributed by atoms with van der Waals surface area (Å²) in [6.45, 7) is 0.644. The Morgan fingerprint density at radius 2 is 2.33 bits per heavy atom. The van der Waals surface area contributed by atoms with Gasteiger partial charge in [-0.05, 0) is 53.6 Å². The van der Waals surface area contributed by atoms with Crippen molar-refractivity contribution in [1.82, 2.24) is 4.90 Å². The van der Waals surface area contributed by atoms with Gasteiger partial charge in [0.2, 0.25) is 0 Å². The highest BCUT2D eigenvalue weighted by Crippen LogP contribution is 2.21. The van der Waals surface area contributed by atoms with Crippen LogP contribution in [0.1, 0.15) is 23.2 Å². The van der Waals surface area contributed by atoms with Gasteiger partial charge in [0.15, 0.2) is 5.84 Å². The minimum absolute atomic E-state index is 0.0670. The molecule has 1 atom stereocenters. The summed E-state index contributed by atoms with van der Waals surface area (Å²) in [5, 5.41) is 11.7. The predicted octanol–water partition coefficient (Wildman–Crippen LogP) is 1.64. The second-order valence-electron chi connectivity index (χ2n) is 4.19. The zero-order chi connectivity index (χ0) is 13.1. The summed E-state index contributed by atoms with van der Waals surface area (Å²) in [6, 6.07) is 7.11. The highest BCUT2D eigenvalue weighted by molar-refractivity contribution is 14.1. The van der Waals surface area contributed by atoms with Gasteiger partial charge in [0.05, 0.1) is 6.04 Å². The molecule has 5 nitrogen and oxygen atoms in total. The molecule has 0 saturated carbocycles. The van der Waals surface area contributed by atoms with Crippen molar-refractivity contribution in [3.05, 3.63) is 33.4 Å². The Labute approximate surface area is 119 Å². The second kappa shape index (κ2) is 5.55. The molecule has 1 unspecified atom stereocenters. The zero-order valence-corrected chi connectivity index (χ0v) is 11.9. The summed E-state index contributed by atoms with van der Waals surface area (Å²) in [4.78, 5) is 14.0. The number of carbonyl (C=O) groups is 1. The zero-order valence-electron chi connectivity index (χ0n) is 9.71. The highest BCUT2D eigenvalue weighted by Gasteiger charge is 2.32. The SMILES string of the molecule is NC(=NO)C1CCCN1C(=O)c1cccc(I)c1. The van der Waals surface area contributed by atoms with Crippen LogP contribution in [-0.4, -0.2) is 34.4 Å². The van der Waals surface area contributed by atoms with Gasteiger partial charge >= 0.3 is 0 Å². The number of amides is 1. The van der Waals surface area contributed by atoms with E-state index in [-0.39, 0.29) is 17.8 Å². The number of benzene rings is 1. The fourth-order valence-corrected chi connectivity index (χ4v) is 2.71. The maximum absolute atomic E-state index is 12.4. The van der Waals surface area contributed by atoms with Crippen molar-refractivity contribution in [2.75, 3.05) is 6.54 Å². The molecular weight excluding hydrogens is 345 g/mol. The first-order chi connectivity index (χ1) is 8.63. The van der Waals surface area contributed by atoms with E-state index in [1.54, 1.807) is 11.0 Å². The minimum Gasteiger partial charge on any atom is -0.409 e. The van der Waals surface area contributed by atoms with E-state index in [9.17, 15) is 4.79 Å². The number of hydrogen-bond donors (Lipinski definition) is 2. The van der Waals surface area contributed by atoms with Crippen LogP contribution in [0, 0.1) is 3.57 Å². The molecule has 0 aromatic heterocycles. The van der Waals surface area contributed by atoms with E-state index in [1.165, 1.54) is 0 Å². The van der Waals surface area contributed by atoms with E-state index in [0.717, 1.165) is 16.4 Å². The van der Waals surface area contributed by atoms with Crippen molar-refractivity contribution in [3.63, 3.8) is 0 Å². The van der Waals surface area contributed by atoms with Crippen LogP contribution in [0.15, 0.2) is 29.4 Å². The summed E-state index contributed by atoms with van der Waals surface area (Å²) in [7, 11) is 0. The van der Waals surface area contributed by atoms with Crippen molar-refractivity contribution in [2.45, 2.75) is 18.9 Å². The number of halogens is 1. The van der Waals surface area contributed by atoms with Gasteiger partial charge in [-0.15, -0.1) is 0 Å². The van der Waals surface area contributed by atoms with Gasteiger partial charge in [-0.2, -0.15) is 0 Å². The van der Waals surface area contributed by atoms with Crippen molar-refractivity contribution >= 4 is 34.3 Å². The summed E-state index contributed by atoms with van der Waals surface area (Å²) < 4.78 is 1.01. The predicted molar refractivity (Wildman–Crippen MR) is 76.6 cm³/mol. The van der Waals surface area contributed by atoms with Crippen LogP contribution in [0.4, 0.5) is 0 Å². The molecule has 0 radical (unpaired) electrons. The first kappa shape index (κ1) is 13.1. The first-order valence-corrected chi connectivity index (χ1v) is 6.75. The van der Waals surface area contributed by atoms with Gasteiger partial charge in [-0.25, -0.2) is 0 Å². The average molecular weight is 359 g/mol. The number of hydrogen-bond acceptors (Lipinski definition) is 3. The Morgan fingerprint density at radius 1 is 1.56 bits per heavy atom. The standard InChI is InChI=1S/C12H14IN3O2/c13-9-4-1-3-8(7-9)12(17)16-6-2-5-10(16)11(14)15-18/h1,3-4,7,10,18H,2,5-6H2,(H2,14,15). The third-order valence-electron chi connectivity index (χ3n) is 3.04. The van der Waals surface area contributed by atoms with Gasteiger partial charge in [0, 0.05) is 15.7 Å². The molecule has 1 aliphatic rings. The lowest BCUT2D eigenvalue weighted by molar-refractivity contribution is 0.0768. The summed E-state index contributed by atoms with van der Waals surface area (Å²) in [6.07, 6.45) is 1.61. The molecule has 1 aromatic carbocycles. The first-order valence-electron chi connectivity index (χ1n) is 5.67. The van der Waals surface area contributed by atoms with E-state index in [2.05, 4.69) is 27.7 Å². The van der Waals surface area contributed by atoms with E-state index < -0.39 is 0 Å². The lowest BCUT2D eigenvalue weighted by Gasteiger charge is -2.23. The van der Waals surface area contributed by atoms with Gasteiger partial charge in [-0.3, -0.25) is 4.79 Å². The third kappa shape index (κ3) is 2.58. The fraction of sp³-hybridized carbons (Fsp3) is 0.333. The molecule has 1 amide bonds. The molecule has 1 saturated heterocycles. The number of nitrogens with two attached hydrogens (primary N) is 1. The van der Waals surface area contributed by atoms with Gasteiger partial charge in [-0.1, -0.05) is 11.2 Å². The summed E-state index contributed by atoms with van der Waals surface area (Å²) in [5.74, 6) is 0.0362. The number of oxime groups is 1. The Bertz CT molecular complexity index is 490. The van der Waals surface area contributed by atoms with Gasteiger partial charge in [0.1, 0.15) is 0 Å². The van der Waals surface area contributed by atoms with Crippen LogP contribution in [0.2, 0.25) is 0 Å². The molecule has 2 rings (SSSR count). The van der Waals surface area contributed by atoms with Crippen molar-refractivity contribution < 1.29 is 10.0 Å². The average Bonchev–Trinajstić information content (AvgIpc) is 2.86. The normalized spacial score (nSPS) is 20.2. The summed E-state index contributed by atoms with van der Waals surface area (Å²) in [5.41, 5.74) is 6.26. The third-order valence-corrected chi connectivity index (χ3v) is 3.71. The van der Waals surface area contributed by atoms with Crippen molar-refractivity contribution in [3.8, 4) is 0 Å². The quantitative estimate of drug-likeness (QED) is 0.277. The van der Waals surface area contributed by atoms with E-state index in [0.29, 0.717) is 12.1 Å². The van der Waals surface area contributed by atoms with Crippen LogP contribution < -0.4 is 5.73 Å². The topological polar surface area (TPSA) is 78.9 Å². The molecule has 0 spiro atoms. The van der Waals surface area contributed by atoms with Crippen LogP contribution in [0.3, 0.4) is 0 Å². The van der Waals surface area contributed by atoms with Crippen LogP contribution in [0.5, 0.6) is 0 Å². The number of likely N-dealkylation sites (tertiary alicyclic amines) is 1. The molecule has 0 aliphatic carbocycles. The Hall–Kier alpha value is -1.31.